The third-order valence-corrected chi connectivity index (χ3v) is 2.21. The van der Waals surface area contributed by atoms with Crippen LogP contribution in [0.25, 0.3) is 5.69 Å². The summed E-state index contributed by atoms with van der Waals surface area (Å²) in [5.41, 5.74) is 0.323. The first-order valence-electron chi connectivity index (χ1n) is 5.14. The second kappa shape index (κ2) is 4.65. The second-order valence-corrected chi connectivity index (χ2v) is 3.26. The lowest BCUT2D eigenvalue weighted by molar-refractivity contribution is -0.385. The molecule has 0 fully saturated rings. The fraction of sp³-hybridized carbons (Fsp3) is 0.182. The highest BCUT2D eigenvalue weighted by molar-refractivity contribution is 5.61. The molecule has 0 aliphatic heterocycles. The highest BCUT2D eigenvalue weighted by atomic mass is 16.6. The summed E-state index contributed by atoms with van der Waals surface area (Å²) in [5, 5.41) is 15.1. The largest absolute Gasteiger partial charge is 0.487 e. The van der Waals surface area contributed by atoms with Crippen LogP contribution in [0.5, 0.6) is 5.75 Å². The van der Waals surface area contributed by atoms with Gasteiger partial charge in [-0.3, -0.25) is 10.1 Å². The van der Waals surface area contributed by atoms with Crippen molar-refractivity contribution in [1.29, 1.82) is 0 Å². The number of rotatable bonds is 4. The number of para-hydroxylation sites is 1. The van der Waals surface area contributed by atoms with E-state index in [2.05, 4.69) is 5.10 Å². The van der Waals surface area contributed by atoms with E-state index in [1.54, 1.807) is 43.6 Å². The average Bonchev–Trinajstić information content (AvgIpc) is 2.82. The van der Waals surface area contributed by atoms with Crippen molar-refractivity contribution in [2.24, 2.45) is 0 Å². The Hall–Kier alpha value is -2.37. The quantitative estimate of drug-likeness (QED) is 0.599. The highest BCUT2D eigenvalue weighted by Crippen LogP contribution is 2.32. The van der Waals surface area contributed by atoms with Crippen LogP contribution in [0, 0.1) is 10.1 Å². The molecule has 0 saturated heterocycles. The van der Waals surface area contributed by atoms with Crippen molar-refractivity contribution in [1.82, 2.24) is 9.78 Å². The van der Waals surface area contributed by atoms with Crippen molar-refractivity contribution in [3.63, 3.8) is 0 Å². The van der Waals surface area contributed by atoms with Gasteiger partial charge in [-0.1, -0.05) is 6.07 Å². The maximum absolute atomic E-state index is 11.1. The molecule has 1 aromatic carbocycles. The Kier molecular flexibility index (Phi) is 3.04. The topological polar surface area (TPSA) is 70.2 Å². The zero-order valence-electron chi connectivity index (χ0n) is 9.24. The Morgan fingerprint density at radius 2 is 2.29 bits per heavy atom. The fourth-order valence-electron chi connectivity index (χ4n) is 1.56. The Bertz CT molecular complexity index is 523. The molecule has 0 saturated carbocycles. The summed E-state index contributed by atoms with van der Waals surface area (Å²) in [6.45, 7) is 2.16. The van der Waals surface area contributed by atoms with Crippen LogP contribution in [-0.2, 0) is 0 Å². The van der Waals surface area contributed by atoms with Gasteiger partial charge in [-0.2, -0.15) is 5.10 Å². The minimum Gasteiger partial charge on any atom is -0.487 e. The Morgan fingerprint density at radius 1 is 1.47 bits per heavy atom. The summed E-state index contributed by atoms with van der Waals surface area (Å²) in [6.07, 6.45) is 3.22. The van der Waals surface area contributed by atoms with Gasteiger partial charge in [-0.15, -0.1) is 0 Å². The van der Waals surface area contributed by atoms with Crippen molar-refractivity contribution in [2.75, 3.05) is 6.61 Å². The molecule has 88 valence electrons. The first-order valence-corrected chi connectivity index (χ1v) is 5.14. The summed E-state index contributed by atoms with van der Waals surface area (Å²) in [4.78, 5) is 10.6. The molecule has 2 rings (SSSR count). The first kappa shape index (κ1) is 11.1. The van der Waals surface area contributed by atoms with E-state index in [-0.39, 0.29) is 11.4 Å². The molecule has 17 heavy (non-hydrogen) atoms. The van der Waals surface area contributed by atoms with E-state index in [1.165, 1.54) is 4.68 Å². The minimum atomic E-state index is -0.456. The lowest BCUT2D eigenvalue weighted by atomic mass is 10.2. The number of nitrogens with zero attached hydrogens (tertiary/aromatic N) is 3. The van der Waals surface area contributed by atoms with Gasteiger partial charge in [0.05, 0.1) is 11.5 Å². The molecule has 0 N–H and O–H groups in total. The Labute approximate surface area is 97.6 Å². The molecular weight excluding hydrogens is 222 g/mol. The van der Waals surface area contributed by atoms with E-state index in [1.807, 2.05) is 0 Å². The summed E-state index contributed by atoms with van der Waals surface area (Å²) in [7, 11) is 0. The predicted octanol–water partition coefficient (Wildman–Crippen LogP) is 2.18. The fourth-order valence-corrected chi connectivity index (χ4v) is 1.56. The van der Waals surface area contributed by atoms with Gasteiger partial charge in [0.2, 0.25) is 0 Å². The maximum Gasteiger partial charge on any atom is 0.336 e. The number of ether oxygens (including phenoxy) is 1. The summed E-state index contributed by atoms with van der Waals surface area (Å²) >= 11 is 0. The van der Waals surface area contributed by atoms with Crippen molar-refractivity contribution in [2.45, 2.75) is 6.92 Å². The van der Waals surface area contributed by atoms with Crippen LogP contribution >= 0.6 is 0 Å². The lowest BCUT2D eigenvalue weighted by Crippen LogP contribution is -2.03. The number of nitro benzene ring substituents is 1. The van der Waals surface area contributed by atoms with Crippen LogP contribution in [0.3, 0.4) is 0 Å². The molecule has 6 nitrogen and oxygen atoms in total. The van der Waals surface area contributed by atoms with Gasteiger partial charge in [0.25, 0.3) is 0 Å². The van der Waals surface area contributed by atoms with Crippen LogP contribution in [0.4, 0.5) is 5.69 Å². The molecule has 0 aliphatic carbocycles. The lowest BCUT2D eigenvalue weighted by Gasteiger charge is -2.07. The zero-order chi connectivity index (χ0) is 12.3. The van der Waals surface area contributed by atoms with Crippen molar-refractivity contribution in [3.8, 4) is 11.4 Å². The molecule has 0 spiro atoms. The first-order chi connectivity index (χ1) is 8.24. The molecule has 0 unspecified atom stereocenters. The molecule has 0 atom stereocenters. The monoisotopic (exact) mass is 233 g/mol. The summed E-state index contributed by atoms with van der Waals surface area (Å²) in [5.74, 6) is 0.255. The molecular formula is C11H11N3O3. The van der Waals surface area contributed by atoms with E-state index in [0.717, 1.165) is 0 Å². The van der Waals surface area contributed by atoms with Crippen LogP contribution in [-0.4, -0.2) is 21.3 Å². The smallest absolute Gasteiger partial charge is 0.336 e. The zero-order valence-corrected chi connectivity index (χ0v) is 9.24. The molecule has 2 aromatic rings. The molecule has 1 heterocycles. The molecule has 6 heteroatoms. The normalized spacial score (nSPS) is 10.2. The molecule has 1 aromatic heterocycles. The second-order valence-electron chi connectivity index (χ2n) is 3.26. The highest BCUT2D eigenvalue weighted by Gasteiger charge is 2.22. The summed E-state index contributed by atoms with van der Waals surface area (Å²) < 4.78 is 6.70. The number of aromatic nitrogens is 2. The van der Waals surface area contributed by atoms with E-state index in [9.17, 15) is 10.1 Å². The number of hydrogen-bond donors (Lipinski definition) is 0. The van der Waals surface area contributed by atoms with Gasteiger partial charge in [0, 0.05) is 12.4 Å². The predicted molar refractivity (Wildman–Crippen MR) is 61.4 cm³/mol. The molecule has 0 amide bonds. The summed E-state index contributed by atoms with van der Waals surface area (Å²) in [6, 6.07) is 6.62. The average molecular weight is 233 g/mol. The van der Waals surface area contributed by atoms with Gasteiger partial charge in [0.15, 0.2) is 5.75 Å². The van der Waals surface area contributed by atoms with Crippen molar-refractivity contribution < 1.29 is 9.66 Å². The number of benzene rings is 1. The van der Waals surface area contributed by atoms with Crippen molar-refractivity contribution >= 4 is 5.69 Å². The third-order valence-electron chi connectivity index (χ3n) is 2.21. The van der Waals surface area contributed by atoms with E-state index in [0.29, 0.717) is 12.3 Å². The standard InChI is InChI=1S/C11H11N3O3/c1-2-17-10-6-3-5-9(11(10)14(15)16)13-8-4-7-12-13/h3-8H,2H2,1H3. The molecule has 0 radical (unpaired) electrons. The van der Waals surface area contributed by atoms with Gasteiger partial charge < -0.3 is 4.74 Å². The minimum absolute atomic E-state index is 0.0712. The van der Waals surface area contributed by atoms with Crippen LogP contribution in [0.15, 0.2) is 36.7 Å². The Morgan fingerprint density at radius 3 is 2.88 bits per heavy atom. The number of hydrogen-bond acceptors (Lipinski definition) is 4. The van der Waals surface area contributed by atoms with E-state index >= 15 is 0 Å². The van der Waals surface area contributed by atoms with Crippen molar-refractivity contribution in [3.05, 3.63) is 46.8 Å². The maximum atomic E-state index is 11.1. The van der Waals surface area contributed by atoms with Crippen LogP contribution in [0.2, 0.25) is 0 Å². The van der Waals surface area contributed by atoms with Crippen LogP contribution < -0.4 is 4.74 Å². The van der Waals surface area contributed by atoms with E-state index < -0.39 is 4.92 Å². The van der Waals surface area contributed by atoms with E-state index in [4.69, 9.17) is 4.74 Å². The van der Waals surface area contributed by atoms with Crippen LogP contribution in [0.1, 0.15) is 6.92 Å². The molecule has 0 bridgehead atoms. The number of nitro groups is 1. The Balaban J connectivity index is 2.59. The van der Waals surface area contributed by atoms with Gasteiger partial charge in [-0.05, 0) is 25.1 Å². The third kappa shape index (κ3) is 2.10. The van der Waals surface area contributed by atoms with Gasteiger partial charge in [0.1, 0.15) is 5.69 Å². The SMILES string of the molecule is CCOc1cccc(-n2cccn2)c1[N+](=O)[O-]. The van der Waals surface area contributed by atoms with Gasteiger partial charge in [-0.25, -0.2) is 4.68 Å². The molecule has 0 aliphatic rings. The van der Waals surface area contributed by atoms with Gasteiger partial charge >= 0.3 is 5.69 Å².